The third kappa shape index (κ3) is 8.76. The molecule has 180 valence electrons. The average Bonchev–Trinajstić information content (AvgIpc) is 2.67. The maximum Gasteiger partial charge on any atom is 0.408 e. The second-order valence-corrected chi connectivity index (χ2v) is 10.4. The monoisotopic (exact) mass is 477 g/mol. The van der Waals surface area contributed by atoms with E-state index in [1.54, 1.807) is 58.9 Å². The van der Waals surface area contributed by atoms with Crippen molar-refractivity contribution in [1.82, 2.24) is 5.32 Å². The summed E-state index contributed by atoms with van der Waals surface area (Å²) in [7, 11) is -3.97. The molecule has 0 aliphatic heterocycles. The van der Waals surface area contributed by atoms with Gasteiger partial charge < -0.3 is 19.0 Å². The van der Waals surface area contributed by atoms with E-state index in [1.165, 1.54) is 24.3 Å². The summed E-state index contributed by atoms with van der Waals surface area (Å²) < 4.78 is 40.6. The third-order valence-electron chi connectivity index (χ3n) is 4.21. The van der Waals surface area contributed by atoms with Gasteiger partial charge in [0, 0.05) is 6.42 Å². The van der Waals surface area contributed by atoms with Gasteiger partial charge in [0.25, 0.3) is 0 Å². The van der Waals surface area contributed by atoms with Crippen molar-refractivity contribution in [3.63, 3.8) is 0 Å². The lowest BCUT2D eigenvalue weighted by atomic mass is 10.1. The molecule has 2 rings (SSSR count). The molecule has 1 N–H and O–H groups in total. The molecule has 0 bridgehead atoms. The Labute approximate surface area is 195 Å². The van der Waals surface area contributed by atoms with Crippen LogP contribution in [0.4, 0.5) is 4.79 Å². The Bertz CT molecular complexity index is 1050. The molecular weight excluding hydrogens is 446 g/mol. The lowest BCUT2D eigenvalue weighted by Crippen LogP contribution is -2.46. The predicted molar refractivity (Wildman–Crippen MR) is 124 cm³/mol. The van der Waals surface area contributed by atoms with Crippen LogP contribution >= 0.6 is 0 Å². The van der Waals surface area contributed by atoms with Gasteiger partial charge in [-0.25, -0.2) is 9.59 Å². The first-order chi connectivity index (χ1) is 15.2. The van der Waals surface area contributed by atoms with Crippen LogP contribution in [0.1, 0.15) is 45.7 Å². The summed E-state index contributed by atoms with van der Waals surface area (Å²) in [6.07, 6.45) is -0.976. The van der Waals surface area contributed by atoms with Gasteiger partial charge in [0.1, 0.15) is 22.3 Å². The minimum atomic E-state index is -3.97. The van der Waals surface area contributed by atoms with Gasteiger partial charge in [0.15, 0.2) is 0 Å². The van der Waals surface area contributed by atoms with Crippen molar-refractivity contribution in [3.05, 3.63) is 59.7 Å². The molecule has 2 aromatic rings. The Morgan fingerprint density at radius 1 is 0.970 bits per heavy atom. The van der Waals surface area contributed by atoms with Crippen molar-refractivity contribution < 1.29 is 31.7 Å². The first-order valence-electron chi connectivity index (χ1n) is 10.6. The Hall–Kier alpha value is -3.07. The Balaban J connectivity index is 2.12. The maximum atomic E-state index is 12.5. The van der Waals surface area contributed by atoms with Crippen LogP contribution in [0.15, 0.2) is 53.4 Å². The SMILES string of the molecule is Cc1ccc(S(=O)(=O)Oc2ccc(C[C@H](NC(=O)OC(C)(C)C)C(=O)OC(C)C)cc2)cc1. The molecule has 2 aromatic carbocycles. The molecule has 0 spiro atoms. The fourth-order valence-electron chi connectivity index (χ4n) is 2.75. The molecule has 0 aromatic heterocycles. The number of carbonyl (C=O) groups excluding carboxylic acids is 2. The van der Waals surface area contributed by atoms with Gasteiger partial charge >= 0.3 is 22.2 Å². The van der Waals surface area contributed by atoms with E-state index in [9.17, 15) is 18.0 Å². The van der Waals surface area contributed by atoms with Crippen LogP contribution in [0.25, 0.3) is 0 Å². The minimum absolute atomic E-state index is 0.0511. The first kappa shape index (κ1) is 26.2. The lowest BCUT2D eigenvalue weighted by Gasteiger charge is -2.23. The number of aryl methyl sites for hydroxylation is 1. The molecule has 0 radical (unpaired) electrons. The van der Waals surface area contributed by atoms with Crippen molar-refractivity contribution in [3.8, 4) is 5.75 Å². The standard InChI is InChI=1S/C24H31NO7S/c1-16(2)30-22(26)21(25-23(27)31-24(4,5)6)15-18-9-11-19(12-10-18)32-33(28,29)20-13-7-17(3)8-14-20/h7-14,16,21H,15H2,1-6H3,(H,25,27)/t21-/m0/s1. The van der Waals surface area contributed by atoms with E-state index in [-0.39, 0.29) is 23.2 Å². The number of rotatable bonds is 8. The quantitative estimate of drug-likeness (QED) is 0.449. The smallest absolute Gasteiger partial charge is 0.408 e. The number of nitrogens with one attached hydrogen (secondary N) is 1. The average molecular weight is 478 g/mol. The van der Waals surface area contributed by atoms with E-state index in [4.69, 9.17) is 13.7 Å². The second-order valence-electron chi connectivity index (χ2n) is 8.88. The van der Waals surface area contributed by atoms with Crippen LogP contribution < -0.4 is 9.50 Å². The van der Waals surface area contributed by atoms with Crippen molar-refractivity contribution in [2.24, 2.45) is 0 Å². The number of amides is 1. The molecular formula is C24H31NO7S. The van der Waals surface area contributed by atoms with Crippen LogP contribution in [0.3, 0.4) is 0 Å². The number of carbonyl (C=O) groups is 2. The van der Waals surface area contributed by atoms with Crippen molar-refractivity contribution in [1.29, 1.82) is 0 Å². The highest BCUT2D eigenvalue weighted by molar-refractivity contribution is 7.87. The van der Waals surface area contributed by atoms with Gasteiger partial charge in [0.2, 0.25) is 0 Å². The molecule has 9 heteroatoms. The van der Waals surface area contributed by atoms with E-state index >= 15 is 0 Å². The van der Waals surface area contributed by atoms with E-state index in [2.05, 4.69) is 5.32 Å². The van der Waals surface area contributed by atoms with E-state index in [0.29, 0.717) is 5.56 Å². The Morgan fingerprint density at radius 3 is 2.06 bits per heavy atom. The number of alkyl carbamates (subject to hydrolysis) is 1. The van der Waals surface area contributed by atoms with Gasteiger partial charge in [-0.05, 0) is 71.4 Å². The highest BCUT2D eigenvalue weighted by Gasteiger charge is 2.26. The molecule has 33 heavy (non-hydrogen) atoms. The van der Waals surface area contributed by atoms with Crippen LogP contribution in [0, 0.1) is 6.92 Å². The van der Waals surface area contributed by atoms with Crippen molar-refractivity contribution >= 4 is 22.2 Å². The largest absolute Gasteiger partial charge is 0.461 e. The number of hydrogen-bond acceptors (Lipinski definition) is 7. The molecule has 0 saturated carbocycles. The molecule has 1 amide bonds. The van der Waals surface area contributed by atoms with E-state index in [0.717, 1.165) is 5.56 Å². The fourth-order valence-corrected chi connectivity index (χ4v) is 3.68. The zero-order valence-corrected chi connectivity index (χ0v) is 20.6. The normalized spacial score (nSPS) is 12.7. The van der Waals surface area contributed by atoms with Gasteiger partial charge in [-0.3, -0.25) is 0 Å². The lowest BCUT2D eigenvalue weighted by molar-refractivity contribution is -0.149. The highest BCUT2D eigenvalue weighted by atomic mass is 32.2. The summed E-state index contributed by atoms with van der Waals surface area (Å²) in [5.74, 6) is -0.473. The summed E-state index contributed by atoms with van der Waals surface area (Å²) in [5.41, 5.74) is 0.874. The van der Waals surface area contributed by atoms with Crippen LogP contribution in [0.5, 0.6) is 5.75 Å². The predicted octanol–water partition coefficient (Wildman–Crippen LogP) is 4.15. The van der Waals surface area contributed by atoms with Crippen molar-refractivity contribution in [2.45, 2.75) is 70.6 Å². The molecule has 1 atom stereocenters. The van der Waals surface area contributed by atoms with Gasteiger partial charge in [0.05, 0.1) is 6.10 Å². The fraction of sp³-hybridized carbons (Fsp3) is 0.417. The molecule has 0 aliphatic carbocycles. The maximum absolute atomic E-state index is 12.5. The number of benzene rings is 2. The minimum Gasteiger partial charge on any atom is -0.461 e. The summed E-state index contributed by atoms with van der Waals surface area (Å²) in [6.45, 7) is 10.4. The molecule has 0 fully saturated rings. The zero-order valence-electron chi connectivity index (χ0n) is 19.7. The van der Waals surface area contributed by atoms with Crippen LogP contribution in [0.2, 0.25) is 0 Å². The Kier molecular flexibility index (Phi) is 8.49. The highest BCUT2D eigenvalue weighted by Crippen LogP contribution is 2.20. The number of hydrogen-bond donors (Lipinski definition) is 1. The van der Waals surface area contributed by atoms with Crippen LogP contribution in [-0.2, 0) is 30.8 Å². The summed E-state index contributed by atoms with van der Waals surface area (Å²) in [4.78, 5) is 24.7. The topological polar surface area (TPSA) is 108 Å². The molecule has 0 aliphatic rings. The Morgan fingerprint density at radius 2 is 1.55 bits per heavy atom. The third-order valence-corrected chi connectivity index (χ3v) is 5.47. The van der Waals surface area contributed by atoms with Gasteiger partial charge in [-0.2, -0.15) is 8.42 Å². The first-order valence-corrected chi connectivity index (χ1v) is 12.0. The number of ether oxygens (including phenoxy) is 2. The number of esters is 1. The summed E-state index contributed by atoms with van der Waals surface area (Å²) >= 11 is 0. The molecule has 0 saturated heterocycles. The summed E-state index contributed by atoms with van der Waals surface area (Å²) in [5, 5.41) is 2.54. The molecule has 8 nitrogen and oxygen atoms in total. The second kappa shape index (κ2) is 10.7. The molecule has 0 heterocycles. The zero-order chi connectivity index (χ0) is 24.8. The summed E-state index contributed by atoms with van der Waals surface area (Å²) in [6, 6.07) is 11.6. The van der Waals surface area contributed by atoms with Gasteiger partial charge in [-0.1, -0.05) is 29.8 Å². The molecule has 0 unspecified atom stereocenters. The van der Waals surface area contributed by atoms with Crippen LogP contribution in [-0.4, -0.2) is 38.2 Å². The van der Waals surface area contributed by atoms with Crippen molar-refractivity contribution in [2.75, 3.05) is 0 Å². The van der Waals surface area contributed by atoms with E-state index in [1.807, 2.05) is 6.92 Å². The van der Waals surface area contributed by atoms with Gasteiger partial charge in [-0.15, -0.1) is 0 Å². The van der Waals surface area contributed by atoms with E-state index < -0.39 is 33.8 Å².